The first-order valence-electron chi connectivity index (χ1n) is 5.84. The highest BCUT2D eigenvalue weighted by atomic mass is 35.5. The predicted molar refractivity (Wildman–Crippen MR) is 75.9 cm³/mol. The van der Waals surface area contributed by atoms with Gasteiger partial charge in [-0.3, -0.25) is 9.59 Å². The van der Waals surface area contributed by atoms with Crippen molar-refractivity contribution in [3.63, 3.8) is 0 Å². The average Bonchev–Trinajstić information content (AvgIpc) is 2.83. The first-order valence-corrected chi connectivity index (χ1v) is 6.60. The van der Waals surface area contributed by atoms with Crippen LogP contribution in [0.5, 0.6) is 0 Å². The monoisotopic (exact) mass is 302 g/mol. The van der Waals surface area contributed by atoms with Gasteiger partial charge in [0.1, 0.15) is 6.29 Å². The summed E-state index contributed by atoms with van der Waals surface area (Å²) in [6.45, 7) is 5.98. The topological polar surface area (TPSA) is 54.4 Å². The van der Waals surface area contributed by atoms with Crippen molar-refractivity contribution in [1.82, 2.24) is 0 Å². The van der Waals surface area contributed by atoms with Crippen LogP contribution >= 0.6 is 23.2 Å². The van der Waals surface area contributed by atoms with Crippen LogP contribution in [0.3, 0.4) is 0 Å². The Bertz CT molecular complexity index is 497. The van der Waals surface area contributed by atoms with E-state index < -0.39 is 5.97 Å². The van der Waals surface area contributed by atoms with E-state index in [1.807, 2.05) is 20.8 Å². The third-order valence-corrected chi connectivity index (χ3v) is 4.45. The van der Waals surface area contributed by atoms with Crippen molar-refractivity contribution >= 4 is 35.5 Å². The fourth-order valence-electron chi connectivity index (χ4n) is 2.01. The summed E-state index contributed by atoms with van der Waals surface area (Å²) in [4.78, 5) is 20.6. The summed E-state index contributed by atoms with van der Waals surface area (Å²) in [5.41, 5.74) is 0.584. The molecule has 1 aliphatic carbocycles. The zero-order chi connectivity index (χ0) is 14.8. The SMILES string of the molecule is CC1C(C(=O)O)C1(C)C.O=Cc1ccc(Cl)c(Cl)c1. The highest BCUT2D eigenvalue weighted by Gasteiger charge is 2.59. The standard InChI is InChI=1S/C7H4Cl2O.C7H12O2/c8-6-2-1-5(4-10)3-7(6)9;1-4-5(6(8)9)7(4,2)3/h1-4H;4-5H,1-3H3,(H,8,9). The average molecular weight is 303 g/mol. The molecule has 5 heteroatoms. The van der Waals surface area contributed by atoms with Crippen LogP contribution in [0, 0.1) is 17.3 Å². The van der Waals surface area contributed by atoms with Gasteiger partial charge in [0.25, 0.3) is 0 Å². The van der Waals surface area contributed by atoms with Gasteiger partial charge < -0.3 is 5.11 Å². The number of hydrogen-bond donors (Lipinski definition) is 1. The third-order valence-electron chi connectivity index (χ3n) is 3.71. The van der Waals surface area contributed by atoms with Crippen molar-refractivity contribution in [2.45, 2.75) is 20.8 Å². The fraction of sp³-hybridized carbons (Fsp3) is 0.429. The Morgan fingerprint density at radius 2 is 1.84 bits per heavy atom. The second kappa shape index (κ2) is 5.93. The van der Waals surface area contributed by atoms with Gasteiger partial charge in [-0.2, -0.15) is 0 Å². The first-order chi connectivity index (χ1) is 8.71. The summed E-state index contributed by atoms with van der Waals surface area (Å²) in [7, 11) is 0. The van der Waals surface area contributed by atoms with E-state index in [1.165, 1.54) is 6.07 Å². The molecule has 3 nitrogen and oxygen atoms in total. The van der Waals surface area contributed by atoms with Crippen molar-refractivity contribution in [1.29, 1.82) is 0 Å². The van der Waals surface area contributed by atoms with Crippen LogP contribution in [-0.2, 0) is 4.79 Å². The summed E-state index contributed by atoms with van der Waals surface area (Å²) in [5.74, 6) is -0.389. The number of halogens is 2. The predicted octanol–water partition coefficient (Wildman–Crippen LogP) is 4.17. The quantitative estimate of drug-likeness (QED) is 0.834. The molecule has 0 saturated heterocycles. The van der Waals surface area contributed by atoms with Gasteiger partial charge in [-0.25, -0.2) is 0 Å². The van der Waals surface area contributed by atoms with Crippen LogP contribution < -0.4 is 0 Å². The Balaban J connectivity index is 0.000000191. The van der Waals surface area contributed by atoms with Gasteiger partial charge >= 0.3 is 5.97 Å². The molecule has 0 aliphatic heterocycles. The minimum atomic E-state index is -0.646. The number of carbonyl (C=O) groups is 2. The van der Waals surface area contributed by atoms with Crippen molar-refractivity contribution in [3.05, 3.63) is 33.8 Å². The Kier molecular flexibility index (Phi) is 4.99. The van der Waals surface area contributed by atoms with E-state index in [0.717, 1.165) is 6.29 Å². The molecule has 2 rings (SSSR count). The summed E-state index contributed by atoms with van der Waals surface area (Å²) in [6.07, 6.45) is 0.724. The van der Waals surface area contributed by atoms with Crippen molar-refractivity contribution < 1.29 is 14.7 Å². The summed E-state index contributed by atoms with van der Waals surface area (Å²) in [6, 6.07) is 4.73. The normalized spacial score (nSPS) is 23.0. The van der Waals surface area contributed by atoms with Crippen LogP contribution in [0.1, 0.15) is 31.1 Å². The van der Waals surface area contributed by atoms with E-state index in [1.54, 1.807) is 12.1 Å². The zero-order valence-electron chi connectivity index (χ0n) is 11.0. The molecule has 1 N–H and O–H groups in total. The maximum Gasteiger partial charge on any atom is 0.307 e. The minimum Gasteiger partial charge on any atom is -0.481 e. The number of benzene rings is 1. The highest BCUT2D eigenvalue weighted by molar-refractivity contribution is 6.42. The molecule has 104 valence electrons. The number of hydrogen-bond acceptors (Lipinski definition) is 2. The lowest BCUT2D eigenvalue weighted by molar-refractivity contribution is -0.139. The van der Waals surface area contributed by atoms with Crippen LogP contribution in [0.15, 0.2) is 18.2 Å². The molecular formula is C14H16Cl2O3. The van der Waals surface area contributed by atoms with Gasteiger partial charge in [0, 0.05) is 5.56 Å². The Labute approximate surface area is 122 Å². The number of aliphatic carboxylic acids is 1. The van der Waals surface area contributed by atoms with Crippen LogP contribution in [0.2, 0.25) is 10.0 Å². The maximum atomic E-state index is 10.4. The second-order valence-electron chi connectivity index (χ2n) is 5.22. The van der Waals surface area contributed by atoms with E-state index in [-0.39, 0.29) is 11.3 Å². The summed E-state index contributed by atoms with van der Waals surface area (Å²) in [5, 5.41) is 9.43. The van der Waals surface area contributed by atoms with Gasteiger partial charge in [0.15, 0.2) is 0 Å². The highest BCUT2D eigenvalue weighted by Crippen LogP contribution is 2.57. The van der Waals surface area contributed by atoms with Gasteiger partial charge in [-0.1, -0.05) is 50.0 Å². The second-order valence-corrected chi connectivity index (χ2v) is 6.03. The maximum absolute atomic E-state index is 10.4. The smallest absolute Gasteiger partial charge is 0.307 e. The van der Waals surface area contributed by atoms with Crippen molar-refractivity contribution in [2.75, 3.05) is 0 Å². The molecule has 1 saturated carbocycles. The molecule has 1 aromatic rings. The molecule has 0 spiro atoms. The Hall–Kier alpha value is -1.06. The van der Waals surface area contributed by atoms with Gasteiger partial charge in [0.2, 0.25) is 0 Å². The minimum absolute atomic E-state index is 0.0475. The molecule has 2 unspecified atom stereocenters. The number of aldehydes is 1. The number of carbonyl (C=O) groups excluding carboxylic acids is 1. The molecule has 1 aliphatic rings. The molecular weight excluding hydrogens is 287 g/mol. The number of rotatable bonds is 2. The summed E-state index contributed by atoms with van der Waals surface area (Å²) >= 11 is 11.2. The lowest BCUT2D eigenvalue weighted by Crippen LogP contribution is -2.02. The number of carboxylic acids is 1. The lowest BCUT2D eigenvalue weighted by atomic mass is 10.1. The number of carboxylic acid groups (broad SMARTS) is 1. The van der Waals surface area contributed by atoms with E-state index in [9.17, 15) is 9.59 Å². The third kappa shape index (κ3) is 3.71. The largest absolute Gasteiger partial charge is 0.481 e. The van der Waals surface area contributed by atoms with Gasteiger partial charge in [-0.05, 0) is 23.5 Å². The fourth-order valence-corrected chi connectivity index (χ4v) is 2.32. The molecule has 0 heterocycles. The van der Waals surface area contributed by atoms with E-state index in [4.69, 9.17) is 28.3 Å². The zero-order valence-corrected chi connectivity index (χ0v) is 12.5. The van der Waals surface area contributed by atoms with E-state index >= 15 is 0 Å². The van der Waals surface area contributed by atoms with Crippen LogP contribution in [0.4, 0.5) is 0 Å². The van der Waals surface area contributed by atoms with Crippen molar-refractivity contribution in [3.8, 4) is 0 Å². The molecule has 2 atom stereocenters. The van der Waals surface area contributed by atoms with Crippen molar-refractivity contribution in [2.24, 2.45) is 17.3 Å². The molecule has 0 aromatic heterocycles. The molecule has 0 amide bonds. The van der Waals surface area contributed by atoms with Crippen LogP contribution in [-0.4, -0.2) is 17.4 Å². The first kappa shape index (κ1) is 16.0. The van der Waals surface area contributed by atoms with E-state index in [2.05, 4.69) is 0 Å². The Morgan fingerprint density at radius 1 is 1.32 bits per heavy atom. The van der Waals surface area contributed by atoms with E-state index in [0.29, 0.717) is 21.5 Å². The molecule has 1 fully saturated rings. The van der Waals surface area contributed by atoms with Gasteiger partial charge in [0.05, 0.1) is 16.0 Å². The van der Waals surface area contributed by atoms with Crippen LogP contribution in [0.25, 0.3) is 0 Å². The summed E-state index contributed by atoms with van der Waals surface area (Å²) < 4.78 is 0. The Morgan fingerprint density at radius 3 is 2.11 bits per heavy atom. The molecule has 0 bridgehead atoms. The lowest BCUT2D eigenvalue weighted by Gasteiger charge is -1.95. The molecule has 0 radical (unpaired) electrons. The van der Waals surface area contributed by atoms with Gasteiger partial charge in [-0.15, -0.1) is 0 Å². The molecule has 19 heavy (non-hydrogen) atoms. The molecule has 1 aromatic carbocycles.